The van der Waals surface area contributed by atoms with E-state index >= 15 is 0 Å². The van der Waals surface area contributed by atoms with Crippen molar-refractivity contribution >= 4 is 21.8 Å². The lowest BCUT2D eigenvalue weighted by molar-refractivity contribution is 0.384. The summed E-state index contributed by atoms with van der Waals surface area (Å²) >= 11 is 1.82. The second-order valence-corrected chi connectivity index (χ2v) is 7.94. The van der Waals surface area contributed by atoms with Gasteiger partial charge in [0.1, 0.15) is 0 Å². The largest absolute Gasteiger partial charge is 0.494 e. The van der Waals surface area contributed by atoms with Crippen LogP contribution in [0, 0.1) is 5.82 Å². The Hall–Kier alpha value is -0.790. The van der Waals surface area contributed by atoms with Gasteiger partial charge in [0.2, 0.25) is 10.0 Å². The van der Waals surface area contributed by atoms with Gasteiger partial charge in [-0.15, -0.1) is 0 Å². The SMILES string of the molecule is COc1ccc(S(=O)(=O)N2CC3CC2CS3)cc1F. The Kier molecular flexibility index (Phi) is 3.23. The highest BCUT2D eigenvalue weighted by molar-refractivity contribution is 8.00. The number of fused-ring (bicyclic) bond motifs is 2. The van der Waals surface area contributed by atoms with Crippen LogP contribution in [0.25, 0.3) is 0 Å². The first-order valence-electron chi connectivity index (χ1n) is 5.99. The predicted molar refractivity (Wildman–Crippen MR) is 71.5 cm³/mol. The zero-order valence-corrected chi connectivity index (χ0v) is 12.0. The van der Waals surface area contributed by atoms with Crippen LogP contribution in [0.5, 0.6) is 5.75 Å². The van der Waals surface area contributed by atoms with Crippen LogP contribution in [0.4, 0.5) is 4.39 Å². The average Bonchev–Trinajstić information content (AvgIpc) is 3.01. The number of halogens is 1. The Morgan fingerprint density at radius 3 is 2.79 bits per heavy atom. The average molecular weight is 303 g/mol. The Bertz CT molecular complexity index is 605. The Labute approximate surface area is 116 Å². The molecule has 0 aromatic heterocycles. The summed E-state index contributed by atoms with van der Waals surface area (Å²) in [5, 5.41) is 0.392. The molecule has 19 heavy (non-hydrogen) atoms. The number of benzene rings is 1. The number of ether oxygens (including phenoxy) is 1. The van der Waals surface area contributed by atoms with Gasteiger partial charge >= 0.3 is 0 Å². The van der Waals surface area contributed by atoms with Gasteiger partial charge in [0.25, 0.3) is 0 Å². The van der Waals surface area contributed by atoms with E-state index in [1.807, 2.05) is 11.8 Å². The topological polar surface area (TPSA) is 46.6 Å². The number of nitrogens with zero attached hydrogens (tertiary/aromatic N) is 1. The van der Waals surface area contributed by atoms with Crippen LogP contribution in [0.2, 0.25) is 0 Å². The minimum Gasteiger partial charge on any atom is -0.494 e. The molecule has 2 fully saturated rings. The molecule has 2 unspecified atom stereocenters. The second-order valence-electron chi connectivity index (χ2n) is 4.72. The van der Waals surface area contributed by atoms with E-state index in [1.165, 1.54) is 23.5 Å². The third-order valence-electron chi connectivity index (χ3n) is 3.58. The summed E-state index contributed by atoms with van der Waals surface area (Å²) in [5.41, 5.74) is 0. The number of sulfonamides is 1. The fourth-order valence-electron chi connectivity index (χ4n) is 2.60. The summed E-state index contributed by atoms with van der Waals surface area (Å²) in [6.45, 7) is 0.533. The number of thioether (sulfide) groups is 1. The van der Waals surface area contributed by atoms with Crippen molar-refractivity contribution in [1.29, 1.82) is 0 Å². The van der Waals surface area contributed by atoms with Crippen LogP contribution in [0.3, 0.4) is 0 Å². The Morgan fingerprint density at radius 2 is 2.26 bits per heavy atom. The first kappa shape index (κ1) is 13.2. The lowest BCUT2D eigenvalue weighted by atomic mass is 10.3. The Morgan fingerprint density at radius 1 is 1.47 bits per heavy atom. The number of hydrogen-bond acceptors (Lipinski definition) is 4. The van der Waals surface area contributed by atoms with Crippen molar-refractivity contribution in [2.24, 2.45) is 0 Å². The van der Waals surface area contributed by atoms with E-state index in [4.69, 9.17) is 4.74 Å². The smallest absolute Gasteiger partial charge is 0.243 e. The van der Waals surface area contributed by atoms with E-state index in [0.29, 0.717) is 11.8 Å². The van der Waals surface area contributed by atoms with Crippen molar-refractivity contribution in [2.75, 3.05) is 19.4 Å². The lowest BCUT2D eigenvalue weighted by Crippen LogP contribution is -2.39. The number of methoxy groups -OCH3 is 1. The summed E-state index contributed by atoms with van der Waals surface area (Å²) < 4.78 is 44.9. The van der Waals surface area contributed by atoms with Crippen molar-refractivity contribution in [3.8, 4) is 5.75 Å². The molecule has 1 aromatic carbocycles. The maximum absolute atomic E-state index is 13.6. The molecule has 2 aliphatic rings. The van der Waals surface area contributed by atoms with Gasteiger partial charge in [0.05, 0.1) is 12.0 Å². The maximum atomic E-state index is 13.6. The van der Waals surface area contributed by atoms with Crippen molar-refractivity contribution in [2.45, 2.75) is 22.6 Å². The molecule has 2 saturated heterocycles. The normalized spacial score (nSPS) is 26.8. The molecular weight excluding hydrogens is 289 g/mol. The van der Waals surface area contributed by atoms with Crippen molar-refractivity contribution < 1.29 is 17.5 Å². The molecule has 4 nitrogen and oxygen atoms in total. The van der Waals surface area contributed by atoms with E-state index < -0.39 is 15.8 Å². The standard InChI is InChI=1S/C12H14FNO3S2/c1-17-12-3-2-10(5-11(12)13)19(15,16)14-6-9-4-8(14)7-18-9/h2-3,5,8-9H,4,6-7H2,1H3. The Balaban J connectivity index is 1.94. The minimum absolute atomic E-state index is 0.00310. The van der Waals surface area contributed by atoms with E-state index in [1.54, 1.807) is 0 Å². The molecule has 1 aromatic rings. The second kappa shape index (κ2) is 4.64. The zero-order valence-electron chi connectivity index (χ0n) is 10.4. The van der Waals surface area contributed by atoms with E-state index in [2.05, 4.69) is 0 Å². The fraction of sp³-hybridized carbons (Fsp3) is 0.500. The molecule has 2 atom stereocenters. The first-order chi connectivity index (χ1) is 9.02. The van der Waals surface area contributed by atoms with Crippen LogP contribution in [0.1, 0.15) is 6.42 Å². The molecule has 0 saturated carbocycles. The van der Waals surface area contributed by atoms with Gasteiger partial charge in [-0.3, -0.25) is 0 Å². The third kappa shape index (κ3) is 2.13. The maximum Gasteiger partial charge on any atom is 0.243 e. The van der Waals surface area contributed by atoms with Crippen molar-refractivity contribution in [3.63, 3.8) is 0 Å². The molecule has 7 heteroatoms. The van der Waals surface area contributed by atoms with Gasteiger partial charge < -0.3 is 4.74 Å². The molecule has 0 N–H and O–H groups in total. The van der Waals surface area contributed by atoms with Gasteiger partial charge in [0, 0.05) is 23.6 Å². The molecule has 0 aliphatic carbocycles. The molecule has 2 heterocycles. The molecule has 104 valence electrons. The number of hydrogen-bond donors (Lipinski definition) is 0. The van der Waals surface area contributed by atoms with E-state index in [0.717, 1.165) is 18.2 Å². The summed E-state index contributed by atoms with van der Waals surface area (Å²) in [6.07, 6.45) is 0.905. The highest BCUT2D eigenvalue weighted by Gasteiger charge is 2.44. The van der Waals surface area contributed by atoms with Crippen LogP contribution >= 0.6 is 11.8 Å². The molecular formula is C12H14FNO3S2. The van der Waals surface area contributed by atoms with Gasteiger partial charge in [0.15, 0.2) is 11.6 Å². The van der Waals surface area contributed by atoms with Crippen molar-refractivity contribution in [1.82, 2.24) is 4.31 Å². The highest BCUT2D eigenvalue weighted by Crippen LogP contribution is 2.40. The summed E-state index contributed by atoms with van der Waals surface area (Å²) in [7, 11) is -2.24. The van der Waals surface area contributed by atoms with E-state index in [9.17, 15) is 12.8 Å². The minimum atomic E-state index is -3.59. The molecule has 0 amide bonds. The van der Waals surface area contributed by atoms with Crippen LogP contribution in [0.15, 0.2) is 23.1 Å². The zero-order chi connectivity index (χ0) is 13.6. The lowest BCUT2D eigenvalue weighted by Gasteiger charge is -2.25. The number of rotatable bonds is 3. The van der Waals surface area contributed by atoms with E-state index in [-0.39, 0.29) is 16.7 Å². The van der Waals surface area contributed by atoms with Gasteiger partial charge in [-0.2, -0.15) is 16.1 Å². The first-order valence-corrected chi connectivity index (χ1v) is 8.48. The fourth-order valence-corrected chi connectivity index (χ4v) is 5.92. The van der Waals surface area contributed by atoms with Crippen LogP contribution in [-0.2, 0) is 10.0 Å². The molecule has 2 aliphatic heterocycles. The highest BCUT2D eigenvalue weighted by atomic mass is 32.2. The van der Waals surface area contributed by atoms with Gasteiger partial charge in [-0.25, -0.2) is 12.8 Å². The van der Waals surface area contributed by atoms with Crippen molar-refractivity contribution in [3.05, 3.63) is 24.0 Å². The molecule has 3 rings (SSSR count). The summed E-state index contributed by atoms with van der Waals surface area (Å²) in [4.78, 5) is 0.00310. The quantitative estimate of drug-likeness (QED) is 0.853. The predicted octanol–water partition coefficient (Wildman–Crippen LogP) is 1.71. The monoisotopic (exact) mass is 303 g/mol. The van der Waals surface area contributed by atoms with Crippen LogP contribution < -0.4 is 4.74 Å². The summed E-state index contributed by atoms with van der Waals surface area (Å²) in [5.74, 6) is 0.238. The third-order valence-corrected chi connectivity index (χ3v) is 6.88. The van der Waals surface area contributed by atoms with Crippen LogP contribution in [-0.4, -0.2) is 43.4 Å². The molecule has 0 spiro atoms. The summed E-state index contributed by atoms with van der Waals surface area (Å²) in [6, 6.07) is 3.85. The van der Waals surface area contributed by atoms with Gasteiger partial charge in [-0.1, -0.05) is 0 Å². The van der Waals surface area contributed by atoms with Gasteiger partial charge in [-0.05, 0) is 24.6 Å². The molecule has 2 bridgehead atoms. The molecule has 0 radical (unpaired) electrons.